The van der Waals surface area contributed by atoms with Crippen LogP contribution >= 0.6 is 10.8 Å². The highest BCUT2D eigenvalue weighted by molar-refractivity contribution is 8.69. The van der Waals surface area contributed by atoms with Gasteiger partial charge in [-0.3, -0.25) is 4.55 Å². The van der Waals surface area contributed by atoms with Gasteiger partial charge in [0.1, 0.15) is 0 Å². The summed E-state index contributed by atoms with van der Waals surface area (Å²) in [5.41, 5.74) is 2.13. The first-order chi connectivity index (χ1) is 12.5. The summed E-state index contributed by atoms with van der Waals surface area (Å²) in [7, 11) is -3.36. The van der Waals surface area contributed by atoms with Crippen LogP contribution in [0.25, 0.3) is 10.9 Å². The van der Waals surface area contributed by atoms with E-state index in [1.807, 2.05) is 24.3 Å². The molecule has 0 aliphatic carbocycles. The van der Waals surface area contributed by atoms with Crippen LogP contribution < -0.4 is 10.1 Å². The lowest BCUT2D eigenvalue weighted by Crippen LogP contribution is -2.19. The number of ether oxygens (including phenoxy) is 1. The fourth-order valence-corrected chi connectivity index (χ4v) is 3.94. The molecule has 0 atom stereocenters. The average Bonchev–Trinajstić information content (AvgIpc) is 2.59. The van der Waals surface area contributed by atoms with Gasteiger partial charge in [-0.2, -0.15) is 8.42 Å². The molecule has 0 aliphatic heterocycles. The minimum absolute atomic E-state index is 0.352. The summed E-state index contributed by atoms with van der Waals surface area (Å²) >= 11 is 0. The van der Waals surface area contributed by atoms with Crippen LogP contribution in [0.1, 0.15) is 31.2 Å². The Morgan fingerprint density at radius 1 is 1.15 bits per heavy atom. The van der Waals surface area contributed by atoms with E-state index in [2.05, 4.69) is 23.3 Å². The second-order valence-corrected chi connectivity index (χ2v) is 9.53. The molecule has 0 aliphatic rings. The first kappa shape index (κ1) is 21.0. The molecule has 0 bridgehead atoms. The zero-order valence-electron chi connectivity index (χ0n) is 15.0. The number of aryl methyl sites for hydroxylation is 1. The second-order valence-electron chi connectivity index (χ2n) is 6.06. The first-order valence-electron chi connectivity index (χ1n) is 8.77. The fraction of sp³-hybridized carbons (Fsp3) is 0.500. The third kappa shape index (κ3) is 7.90. The number of rotatable bonds is 12. The smallest absolute Gasteiger partial charge is 0.319 e. The molecule has 6 nitrogen and oxygen atoms in total. The SMILES string of the molecule is Cc1cc(OCCCCCCNCCSS(=O)(=O)O)nc2ccccc12. The summed E-state index contributed by atoms with van der Waals surface area (Å²) < 4.78 is 35.4. The highest BCUT2D eigenvalue weighted by atomic mass is 33.1. The fourth-order valence-electron chi connectivity index (χ4n) is 2.62. The Kier molecular flexibility index (Phi) is 8.64. The molecule has 0 saturated carbocycles. The molecule has 2 aromatic rings. The van der Waals surface area contributed by atoms with E-state index in [0.717, 1.165) is 43.1 Å². The Morgan fingerprint density at radius 2 is 1.92 bits per heavy atom. The van der Waals surface area contributed by atoms with Crippen LogP contribution in [0.4, 0.5) is 0 Å². The van der Waals surface area contributed by atoms with Crippen LogP contribution in [-0.4, -0.2) is 43.4 Å². The number of para-hydroxylation sites is 1. The average molecular weight is 399 g/mol. The van der Waals surface area contributed by atoms with Crippen LogP contribution in [0.15, 0.2) is 30.3 Å². The Morgan fingerprint density at radius 3 is 2.73 bits per heavy atom. The van der Waals surface area contributed by atoms with Crippen LogP contribution in [0.2, 0.25) is 0 Å². The minimum atomic E-state index is -3.91. The summed E-state index contributed by atoms with van der Waals surface area (Å²) in [6.45, 7) is 4.14. The van der Waals surface area contributed by atoms with E-state index in [-0.39, 0.29) is 0 Å². The van der Waals surface area contributed by atoms with Gasteiger partial charge in [0.2, 0.25) is 5.88 Å². The van der Waals surface area contributed by atoms with Crippen molar-refractivity contribution < 1.29 is 17.7 Å². The summed E-state index contributed by atoms with van der Waals surface area (Å²) in [5.74, 6) is 1.03. The Balaban J connectivity index is 1.53. The zero-order valence-corrected chi connectivity index (χ0v) is 16.6. The molecule has 26 heavy (non-hydrogen) atoms. The molecule has 0 saturated heterocycles. The van der Waals surface area contributed by atoms with Crippen LogP contribution in [0.3, 0.4) is 0 Å². The number of unbranched alkanes of at least 4 members (excludes halogenated alkanes) is 3. The number of aromatic nitrogens is 1. The van der Waals surface area contributed by atoms with Crippen molar-refractivity contribution in [3.63, 3.8) is 0 Å². The number of fused-ring (bicyclic) bond motifs is 1. The van der Waals surface area contributed by atoms with Gasteiger partial charge in [-0.25, -0.2) is 4.98 Å². The molecule has 1 aromatic carbocycles. The molecule has 8 heteroatoms. The molecule has 1 aromatic heterocycles. The van der Waals surface area contributed by atoms with Gasteiger partial charge in [-0.15, -0.1) is 0 Å². The van der Waals surface area contributed by atoms with Crippen molar-refractivity contribution in [2.24, 2.45) is 0 Å². The lowest BCUT2D eigenvalue weighted by molar-refractivity contribution is 0.294. The molecule has 144 valence electrons. The summed E-state index contributed by atoms with van der Waals surface area (Å²) in [4.78, 5) is 4.53. The molecule has 0 amide bonds. The molecule has 2 N–H and O–H groups in total. The van der Waals surface area contributed by atoms with Gasteiger partial charge in [0.15, 0.2) is 0 Å². The van der Waals surface area contributed by atoms with Crippen LogP contribution in [-0.2, 0) is 9.15 Å². The number of benzene rings is 1. The summed E-state index contributed by atoms with van der Waals surface area (Å²) in [5, 5.41) is 4.32. The first-order valence-corrected chi connectivity index (χ1v) is 11.7. The standard InChI is InChI=1S/C18H26N2O4S2/c1-15-14-18(20-17-9-5-4-8-16(15)17)24-12-7-3-2-6-10-19-11-13-25-26(21,22)23/h4-5,8-9,14,19H,2-3,6-7,10-13H2,1H3,(H,21,22,23). The predicted octanol–water partition coefficient (Wildman–Crippen LogP) is 3.61. The van der Waals surface area contributed by atoms with E-state index in [4.69, 9.17) is 9.29 Å². The maximum absolute atomic E-state index is 10.5. The molecule has 2 rings (SSSR count). The van der Waals surface area contributed by atoms with E-state index < -0.39 is 9.15 Å². The van der Waals surface area contributed by atoms with Gasteiger partial charge in [0, 0.05) is 23.8 Å². The largest absolute Gasteiger partial charge is 0.478 e. The van der Waals surface area contributed by atoms with Crippen LogP contribution in [0.5, 0.6) is 5.88 Å². The topological polar surface area (TPSA) is 88.5 Å². The maximum Gasteiger partial charge on any atom is 0.319 e. The van der Waals surface area contributed by atoms with Gasteiger partial charge in [-0.1, -0.05) is 31.0 Å². The molecule has 0 unspecified atom stereocenters. The van der Waals surface area contributed by atoms with Gasteiger partial charge >= 0.3 is 9.15 Å². The lowest BCUT2D eigenvalue weighted by atomic mass is 10.1. The second kappa shape index (κ2) is 10.7. The minimum Gasteiger partial charge on any atom is -0.478 e. The third-order valence-corrected chi connectivity index (χ3v) is 5.97. The van der Waals surface area contributed by atoms with Gasteiger partial charge in [-0.05, 0) is 48.7 Å². The maximum atomic E-state index is 10.5. The number of nitrogens with zero attached hydrogens (tertiary/aromatic N) is 1. The molecule has 0 fully saturated rings. The van der Waals surface area contributed by atoms with Crippen LogP contribution in [0, 0.1) is 6.92 Å². The predicted molar refractivity (Wildman–Crippen MR) is 107 cm³/mol. The van der Waals surface area contributed by atoms with Gasteiger partial charge in [0.05, 0.1) is 12.1 Å². The highest BCUT2D eigenvalue weighted by Gasteiger charge is 2.04. The Bertz CT molecular complexity index is 797. The van der Waals surface area contributed by atoms with E-state index >= 15 is 0 Å². The molecule has 0 radical (unpaired) electrons. The molecule has 0 spiro atoms. The normalized spacial score (nSPS) is 11.8. The third-order valence-electron chi connectivity index (χ3n) is 3.91. The van der Waals surface area contributed by atoms with Crippen molar-refractivity contribution in [1.29, 1.82) is 0 Å². The summed E-state index contributed by atoms with van der Waals surface area (Å²) in [6, 6.07) is 10.0. The monoisotopic (exact) mass is 398 g/mol. The van der Waals surface area contributed by atoms with Crippen molar-refractivity contribution in [3.05, 3.63) is 35.9 Å². The highest BCUT2D eigenvalue weighted by Crippen LogP contribution is 2.21. The van der Waals surface area contributed by atoms with Crippen molar-refractivity contribution >= 4 is 30.8 Å². The lowest BCUT2D eigenvalue weighted by Gasteiger charge is -2.08. The molecule has 1 heterocycles. The quantitative estimate of drug-likeness (QED) is 0.321. The number of nitrogens with one attached hydrogen (secondary N) is 1. The van der Waals surface area contributed by atoms with E-state index in [1.165, 1.54) is 5.56 Å². The van der Waals surface area contributed by atoms with Crippen molar-refractivity contribution in [3.8, 4) is 5.88 Å². The Labute approximate surface area is 158 Å². The number of pyridine rings is 1. The van der Waals surface area contributed by atoms with E-state index in [0.29, 0.717) is 35.6 Å². The Hall–Kier alpha value is -1.35. The van der Waals surface area contributed by atoms with E-state index in [9.17, 15) is 8.42 Å². The number of hydrogen-bond acceptors (Lipinski definition) is 6. The van der Waals surface area contributed by atoms with Gasteiger partial charge < -0.3 is 10.1 Å². The molecular formula is C18H26N2O4S2. The number of hydrogen-bond donors (Lipinski definition) is 2. The van der Waals surface area contributed by atoms with Gasteiger partial charge in [0.25, 0.3) is 0 Å². The van der Waals surface area contributed by atoms with Crippen molar-refractivity contribution in [1.82, 2.24) is 10.3 Å². The molecular weight excluding hydrogens is 372 g/mol. The summed E-state index contributed by atoms with van der Waals surface area (Å²) in [6.07, 6.45) is 4.18. The van der Waals surface area contributed by atoms with Crippen molar-refractivity contribution in [2.75, 3.05) is 25.4 Å². The zero-order chi connectivity index (χ0) is 18.8. The van der Waals surface area contributed by atoms with Crippen molar-refractivity contribution in [2.45, 2.75) is 32.6 Å². The van der Waals surface area contributed by atoms with E-state index in [1.54, 1.807) is 0 Å².